The maximum Gasteiger partial charge on any atom is 0.264 e. The average molecular weight is 447 g/mol. The van der Waals surface area contributed by atoms with Crippen LogP contribution in [0.3, 0.4) is 0 Å². The molecule has 2 aromatic carbocycles. The lowest BCUT2D eigenvalue weighted by atomic mass is 9.92. The van der Waals surface area contributed by atoms with Gasteiger partial charge in [0.15, 0.2) is 5.78 Å². The fourth-order valence-electron chi connectivity index (χ4n) is 4.63. The molecule has 0 fully saturated rings. The first-order valence-electron chi connectivity index (χ1n) is 11.1. The number of anilines is 2. The monoisotopic (exact) mass is 446 g/mol. The number of aryl methyl sites for hydroxylation is 2. The van der Waals surface area contributed by atoms with Gasteiger partial charge in [-0.25, -0.2) is 8.78 Å². The van der Waals surface area contributed by atoms with E-state index in [0.29, 0.717) is 29.7 Å². The molecule has 0 bridgehead atoms. The Morgan fingerprint density at radius 3 is 2.70 bits per heavy atom. The highest BCUT2D eigenvalue weighted by Gasteiger charge is 2.26. The van der Waals surface area contributed by atoms with E-state index in [2.05, 4.69) is 15.0 Å². The van der Waals surface area contributed by atoms with E-state index in [-0.39, 0.29) is 11.3 Å². The summed E-state index contributed by atoms with van der Waals surface area (Å²) in [5, 5.41) is 5.96. The first-order chi connectivity index (χ1) is 16.0. The van der Waals surface area contributed by atoms with Crippen molar-refractivity contribution in [1.29, 1.82) is 0 Å². The number of halogens is 2. The lowest BCUT2D eigenvalue weighted by Crippen LogP contribution is -2.25. The number of carbonyl (C=O) groups is 1. The highest BCUT2D eigenvalue weighted by Crippen LogP contribution is 2.42. The topological polar surface area (TPSA) is 51.0 Å². The minimum atomic E-state index is -2.62. The number of hydrogen-bond donors (Lipinski definition) is 0. The fraction of sp³-hybridized carbons (Fsp3) is 0.269. The molecule has 0 saturated heterocycles. The van der Waals surface area contributed by atoms with Crippen LogP contribution in [0.4, 0.5) is 20.2 Å². The standard InChI is InChI=1S/C26H24F2N4O/c1-3-25(33)17-6-7-18-12-29-14-24(21(18)10-17)32-8-4-5-16-9-20(19-13-30-31(2)15-19)22(26(27)28)11-23(16)32/h6-7,9-15,26H,3-5,8H2,1-2H3. The molecule has 0 amide bonds. The largest absolute Gasteiger partial charge is 0.339 e. The van der Waals surface area contributed by atoms with Crippen LogP contribution in [0.15, 0.2) is 55.1 Å². The number of alkyl halides is 2. The highest BCUT2D eigenvalue weighted by molar-refractivity contribution is 6.03. The summed E-state index contributed by atoms with van der Waals surface area (Å²) in [4.78, 5) is 18.8. The van der Waals surface area contributed by atoms with Crippen molar-refractivity contribution in [3.05, 3.63) is 71.8 Å². The van der Waals surface area contributed by atoms with Crippen molar-refractivity contribution in [2.45, 2.75) is 32.6 Å². The molecule has 33 heavy (non-hydrogen) atoms. The van der Waals surface area contributed by atoms with Crippen molar-refractivity contribution in [3.8, 4) is 11.1 Å². The van der Waals surface area contributed by atoms with Gasteiger partial charge in [0, 0.05) is 65.6 Å². The summed E-state index contributed by atoms with van der Waals surface area (Å²) >= 11 is 0. The molecule has 0 N–H and O–H groups in total. The summed E-state index contributed by atoms with van der Waals surface area (Å²) in [5.74, 6) is 0.0693. The number of benzene rings is 2. The number of rotatable bonds is 5. The van der Waals surface area contributed by atoms with Gasteiger partial charge in [0.2, 0.25) is 0 Å². The van der Waals surface area contributed by atoms with Gasteiger partial charge in [0.1, 0.15) is 0 Å². The minimum Gasteiger partial charge on any atom is -0.339 e. The smallest absolute Gasteiger partial charge is 0.264 e. The highest BCUT2D eigenvalue weighted by atomic mass is 19.3. The van der Waals surface area contributed by atoms with Gasteiger partial charge in [0.05, 0.1) is 18.1 Å². The van der Waals surface area contributed by atoms with Crippen molar-refractivity contribution in [1.82, 2.24) is 14.8 Å². The average Bonchev–Trinajstić information content (AvgIpc) is 3.27. The van der Waals surface area contributed by atoms with Crippen LogP contribution in [-0.2, 0) is 13.5 Å². The first kappa shape index (κ1) is 21.2. The zero-order valence-electron chi connectivity index (χ0n) is 18.6. The molecule has 168 valence electrons. The SMILES string of the molecule is CCC(=O)c1ccc2cncc(N3CCCc4cc(-c5cnn(C)c5)c(C(F)F)cc43)c2c1. The third-order valence-corrected chi connectivity index (χ3v) is 6.29. The van der Waals surface area contributed by atoms with Crippen LogP contribution in [0.5, 0.6) is 0 Å². The number of Topliss-reactive ketones (excluding diaryl/α,β-unsaturated/α-hetero) is 1. The summed E-state index contributed by atoms with van der Waals surface area (Å²) in [6.07, 6.45) is 6.40. The molecule has 0 aliphatic carbocycles. The van der Waals surface area contributed by atoms with E-state index in [4.69, 9.17) is 0 Å². The lowest BCUT2D eigenvalue weighted by Gasteiger charge is -2.33. The van der Waals surface area contributed by atoms with E-state index in [9.17, 15) is 13.6 Å². The van der Waals surface area contributed by atoms with Gasteiger partial charge in [-0.3, -0.25) is 14.5 Å². The number of carbonyl (C=O) groups excluding carboxylic acids is 1. The van der Waals surface area contributed by atoms with Crippen LogP contribution < -0.4 is 4.90 Å². The van der Waals surface area contributed by atoms with Crippen LogP contribution in [0.1, 0.15) is 47.7 Å². The van der Waals surface area contributed by atoms with Crippen molar-refractivity contribution >= 4 is 27.9 Å². The molecule has 0 radical (unpaired) electrons. The van der Waals surface area contributed by atoms with Crippen molar-refractivity contribution in [3.63, 3.8) is 0 Å². The minimum absolute atomic E-state index is 0.0105. The third kappa shape index (κ3) is 3.77. The second-order valence-corrected chi connectivity index (χ2v) is 8.40. The predicted molar refractivity (Wildman–Crippen MR) is 125 cm³/mol. The van der Waals surface area contributed by atoms with Gasteiger partial charge >= 0.3 is 0 Å². The van der Waals surface area contributed by atoms with E-state index in [1.54, 1.807) is 42.6 Å². The molecule has 5 nitrogen and oxygen atoms in total. The Labute approximate surface area is 190 Å². The number of ketones is 1. The number of hydrogen-bond acceptors (Lipinski definition) is 4. The van der Waals surface area contributed by atoms with E-state index < -0.39 is 6.43 Å². The van der Waals surface area contributed by atoms with Gasteiger partial charge in [-0.1, -0.05) is 19.1 Å². The Balaban J connectivity index is 1.68. The van der Waals surface area contributed by atoms with Gasteiger partial charge in [0.25, 0.3) is 6.43 Å². The zero-order valence-corrected chi connectivity index (χ0v) is 18.6. The molecule has 0 spiro atoms. The predicted octanol–water partition coefficient (Wildman–Crippen LogP) is 6.25. The normalized spacial score (nSPS) is 13.5. The maximum atomic E-state index is 14.2. The maximum absolute atomic E-state index is 14.2. The molecule has 0 unspecified atom stereocenters. The van der Waals surface area contributed by atoms with E-state index >= 15 is 0 Å². The molecule has 2 aromatic heterocycles. The van der Waals surface area contributed by atoms with Crippen LogP contribution in [0.2, 0.25) is 0 Å². The van der Waals surface area contributed by atoms with Crippen LogP contribution >= 0.6 is 0 Å². The lowest BCUT2D eigenvalue weighted by molar-refractivity contribution is 0.0988. The first-order valence-corrected chi connectivity index (χ1v) is 11.1. The van der Waals surface area contributed by atoms with Crippen molar-refractivity contribution in [2.24, 2.45) is 7.05 Å². The summed E-state index contributed by atoms with van der Waals surface area (Å²) in [5.41, 5.74) is 4.45. The Morgan fingerprint density at radius 1 is 1.12 bits per heavy atom. The summed E-state index contributed by atoms with van der Waals surface area (Å²) in [7, 11) is 1.77. The quantitative estimate of drug-likeness (QED) is 0.340. The Morgan fingerprint density at radius 2 is 1.97 bits per heavy atom. The zero-order chi connectivity index (χ0) is 23.1. The molecule has 7 heteroatoms. The number of pyridine rings is 1. The van der Waals surface area contributed by atoms with Crippen LogP contribution in [0.25, 0.3) is 21.9 Å². The molecule has 0 atom stereocenters. The van der Waals surface area contributed by atoms with E-state index in [0.717, 1.165) is 40.6 Å². The molecule has 5 rings (SSSR count). The van der Waals surface area contributed by atoms with Gasteiger partial charge in [-0.15, -0.1) is 0 Å². The Bertz CT molecular complexity index is 1360. The number of fused-ring (bicyclic) bond motifs is 2. The Hall–Kier alpha value is -3.61. The van der Waals surface area contributed by atoms with E-state index in [1.807, 2.05) is 31.2 Å². The second kappa shape index (κ2) is 8.39. The fourth-order valence-corrected chi connectivity index (χ4v) is 4.63. The molecule has 3 heterocycles. The van der Waals surface area contributed by atoms with E-state index in [1.165, 1.54) is 0 Å². The van der Waals surface area contributed by atoms with Gasteiger partial charge < -0.3 is 4.90 Å². The molecule has 1 aliphatic rings. The molecular weight excluding hydrogens is 422 g/mol. The third-order valence-electron chi connectivity index (χ3n) is 6.29. The summed E-state index contributed by atoms with van der Waals surface area (Å²) < 4.78 is 29.9. The van der Waals surface area contributed by atoms with Gasteiger partial charge in [-0.2, -0.15) is 5.10 Å². The molecule has 4 aromatic rings. The number of nitrogens with zero attached hydrogens (tertiary/aromatic N) is 4. The van der Waals surface area contributed by atoms with Crippen molar-refractivity contribution in [2.75, 3.05) is 11.4 Å². The summed E-state index contributed by atoms with van der Waals surface area (Å²) in [6.45, 7) is 2.53. The van der Waals surface area contributed by atoms with Gasteiger partial charge in [-0.05, 0) is 42.2 Å². The second-order valence-electron chi connectivity index (χ2n) is 8.40. The molecule has 1 aliphatic heterocycles. The Kier molecular flexibility index (Phi) is 5.40. The van der Waals surface area contributed by atoms with Crippen LogP contribution in [-0.4, -0.2) is 27.1 Å². The van der Waals surface area contributed by atoms with Crippen LogP contribution in [0, 0.1) is 0 Å². The molecular formula is C26H24F2N4O. The summed E-state index contributed by atoms with van der Waals surface area (Å²) in [6, 6.07) is 9.10. The van der Waals surface area contributed by atoms with Crippen molar-refractivity contribution < 1.29 is 13.6 Å². The number of aromatic nitrogens is 3. The molecule has 0 saturated carbocycles.